The van der Waals surface area contributed by atoms with Crippen molar-refractivity contribution in [3.8, 4) is 0 Å². The Morgan fingerprint density at radius 2 is 2.29 bits per heavy atom. The van der Waals surface area contributed by atoms with Crippen LogP contribution in [0.3, 0.4) is 0 Å². The van der Waals surface area contributed by atoms with Gasteiger partial charge < -0.3 is 10.0 Å². The summed E-state index contributed by atoms with van der Waals surface area (Å²) in [6.45, 7) is 2.80. The Bertz CT molecular complexity index is 682. The molecule has 2 rings (SSSR count). The predicted octanol–water partition coefficient (Wildman–Crippen LogP) is 3.95. The van der Waals surface area contributed by atoms with Crippen molar-refractivity contribution in [1.29, 1.82) is 0 Å². The minimum Gasteiger partial charge on any atom is -0.478 e. The smallest absolute Gasteiger partial charge is 0.328 e. The quantitative estimate of drug-likeness (QED) is 0.814. The number of carboxylic acids is 1. The van der Waals surface area contributed by atoms with Crippen LogP contribution in [0.5, 0.6) is 0 Å². The van der Waals surface area contributed by atoms with Crippen LogP contribution in [0.15, 0.2) is 34.3 Å². The molecule has 0 amide bonds. The fourth-order valence-electron chi connectivity index (χ4n) is 1.88. The molecule has 4 nitrogen and oxygen atoms in total. The van der Waals surface area contributed by atoms with Gasteiger partial charge in [0.05, 0.1) is 23.4 Å². The first kappa shape index (κ1) is 15.7. The van der Waals surface area contributed by atoms with Crippen molar-refractivity contribution in [3.63, 3.8) is 0 Å². The molecule has 21 heavy (non-hydrogen) atoms. The van der Waals surface area contributed by atoms with Gasteiger partial charge in [-0.15, -0.1) is 11.3 Å². The number of rotatable bonds is 5. The van der Waals surface area contributed by atoms with E-state index in [1.165, 1.54) is 4.88 Å². The molecule has 1 aromatic heterocycles. The highest BCUT2D eigenvalue weighted by Gasteiger charge is 2.09. The van der Waals surface area contributed by atoms with Crippen molar-refractivity contribution in [1.82, 2.24) is 4.98 Å². The molecule has 0 spiro atoms. The highest BCUT2D eigenvalue weighted by Crippen LogP contribution is 2.29. The van der Waals surface area contributed by atoms with Gasteiger partial charge in [0, 0.05) is 22.5 Å². The fraction of sp³-hybridized carbons (Fsp3) is 0.200. The lowest BCUT2D eigenvalue weighted by Crippen LogP contribution is -2.16. The summed E-state index contributed by atoms with van der Waals surface area (Å²) in [6, 6.07) is 5.78. The molecular weight excluding hydrogens is 352 g/mol. The van der Waals surface area contributed by atoms with E-state index in [0.29, 0.717) is 0 Å². The highest BCUT2D eigenvalue weighted by atomic mass is 79.9. The molecule has 0 saturated carbocycles. The van der Waals surface area contributed by atoms with Gasteiger partial charge in [-0.25, -0.2) is 9.78 Å². The Balaban J connectivity index is 2.16. The molecule has 0 radical (unpaired) electrons. The van der Waals surface area contributed by atoms with Gasteiger partial charge in [0.1, 0.15) is 0 Å². The number of halogens is 1. The zero-order valence-electron chi connectivity index (χ0n) is 11.7. The summed E-state index contributed by atoms with van der Waals surface area (Å²) in [5.74, 6) is -0.951. The number of carbonyl (C=O) groups is 1. The molecule has 0 saturated heterocycles. The van der Waals surface area contributed by atoms with Crippen LogP contribution in [0.4, 0.5) is 5.69 Å². The second kappa shape index (κ2) is 6.87. The number of anilines is 1. The van der Waals surface area contributed by atoms with Crippen LogP contribution in [0, 0.1) is 6.92 Å². The first-order valence-corrected chi connectivity index (χ1v) is 7.95. The van der Waals surface area contributed by atoms with Crippen LogP contribution in [0.1, 0.15) is 16.1 Å². The van der Waals surface area contributed by atoms with E-state index in [1.807, 2.05) is 37.7 Å². The molecule has 0 aliphatic rings. The van der Waals surface area contributed by atoms with E-state index < -0.39 is 5.97 Å². The average Bonchev–Trinajstić information content (AvgIpc) is 2.82. The van der Waals surface area contributed by atoms with Gasteiger partial charge in [-0.3, -0.25) is 0 Å². The predicted molar refractivity (Wildman–Crippen MR) is 89.8 cm³/mol. The molecule has 110 valence electrons. The first-order chi connectivity index (χ1) is 9.97. The van der Waals surface area contributed by atoms with Crippen LogP contribution in [-0.4, -0.2) is 23.1 Å². The number of aromatic nitrogens is 1. The second-order valence-corrected chi connectivity index (χ2v) is 6.39. The van der Waals surface area contributed by atoms with Gasteiger partial charge in [0.15, 0.2) is 0 Å². The number of carboxylic acid groups (broad SMARTS) is 1. The minimum atomic E-state index is -0.951. The topological polar surface area (TPSA) is 53.4 Å². The minimum absolute atomic E-state index is 0.791. The van der Waals surface area contributed by atoms with E-state index in [0.717, 1.165) is 34.0 Å². The van der Waals surface area contributed by atoms with E-state index in [-0.39, 0.29) is 0 Å². The maximum Gasteiger partial charge on any atom is 0.328 e. The summed E-state index contributed by atoms with van der Waals surface area (Å²) in [5.41, 5.74) is 4.81. The van der Waals surface area contributed by atoms with Crippen molar-refractivity contribution in [2.75, 3.05) is 11.9 Å². The molecule has 0 fully saturated rings. The molecule has 1 N–H and O–H groups in total. The SMILES string of the molecule is Cc1ncsc1CN(C)c1ccc(/C=C/C(=O)O)cc1Br. The Morgan fingerprint density at radius 3 is 2.86 bits per heavy atom. The number of nitrogens with zero attached hydrogens (tertiary/aromatic N) is 2. The van der Waals surface area contributed by atoms with Crippen LogP contribution in [0.25, 0.3) is 6.08 Å². The molecule has 1 heterocycles. The number of aryl methyl sites for hydroxylation is 1. The molecule has 0 aliphatic heterocycles. The van der Waals surface area contributed by atoms with E-state index >= 15 is 0 Å². The molecule has 0 bridgehead atoms. The van der Waals surface area contributed by atoms with E-state index in [1.54, 1.807) is 17.4 Å². The van der Waals surface area contributed by atoms with Gasteiger partial charge in [-0.2, -0.15) is 0 Å². The molecule has 0 unspecified atom stereocenters. The highest BCUT2D eigenvalue weighted by molar-refractivity contribution is 9.10. The van der Waals surface area contributed by atoms with Crippen LogP contribution >= 0.6 is 27.3 Å². The van der Waals surface area contributed by atoms with Crippen molar-refractivity contribution >= 4 is 45.0 Å². The Morgan fingerprint density at radius 1 is 1.52 bits per heavy atom. The number of hydrogen-bond acceptors (Lipinski definition) is 4. The van der Waals surface area contributed by atoms with Gasteiger partial charge in [0.2, 0.25) is 0 Å². The third kappa shape index (κ3) is 4.15. The van der Waals surface area contributed by atoms with Crippen molar-refractivity contribution in [2.45, 2.75) is 13.5 Å². The Hall–Kier alpha value is -1.66. The van der Waals surface area contributed by atoms with Gasteiger partial charge in [-0.1, -0.05) is 6.07 Å². The molecule has 6 heteroatoms. The summed E-state index contributed by atoms with van der Waals surface area (Å²) < 4.78 is 0.930. The first-order valence-electron chi connectivity index (χ1n) is 6.28. The molecule has 0 atom stereocenters. The maximum absolute atomic E-state index is 10.5. The largest absolute Gasteiger partial charge is 0.478 e. The standard InChI is InChI=1S/C15H15BrN2O2S/c1-10-14(21-9-17-10)8-18(2)13-5-3-11(7-12(13)16)4-6-15(19)20/h3-7,9H,8H2,1-2H3,(H,19,20)/b6-4+. The van der Waals surface area contributed by atoms with Gasteiger partial charge in [0.25, 0.3) is 0 Å². The van der Waals surface area contributed by atoms with E-state index in [4.69, 9.17) is 5.11 Å². The average molecular weight is 367 g/mol. The van der Waals surface area contributed by atoms with E-state index in [2.05, 4.69) is 25.8 Å². The lowest BCUT2D eigenvalue weighted by Gasteiger charge is -2.20. The van der Waals surface area contributed by atoms with Crippen molar-refractivity contribution in [2.24, 2.45) is 0 Å². The summed E-state index contributed by atoms with van der Waals surface area (Å²) in [5, 5.41) is 8.65. The molecule has 2 aromatic rings. The van der Waals surface area contributed by atoms with Crippen LogP contribution < -0.4 is 4.90 Å². The Labute approximate surface area is 135 Å². The number of benzene rings is 1. The van der Waals surface area contributed by atoms with Gasteiger partial charge in [-0.05, 0) is 46.6 Å². The van der Waals surface area contributed by atoms with Crippen molar-refractivity contribution < 1.29 is 9.90 Å². The monoisotopic (exact) mass is 366 g/mol. The number of thiazole rings is 1. The maximum atomic E-state index is 10.5. The number of aliphatic carboxylic acids is 1. The van der Waals surface area contributed by atoms with Crippen LogP contribution in [0.2, 0.25) is 0 Å². The third-order valence-electron chi connectivity index (χ3n) is 3.03. The summed E-state index contributed by atoms with van der Waals surface area (Å²) >= 11 is 5.19. The molecule has 1 aromatic carbocycles. The molecule has 0 aliphatic carbocycles. The summed E-state index contributed by atoms with van der Waals surface area (Å²) in [6.07, 6.45) is 2.70. The van der Waals surface area contributed by atoms with Crippen molar-refractivity contribution in [3.05, 3.63) is 50.4 Å². The zero-order valence-corrected chi connectivity index (χ0v) is 14.1. The van der Waals surface area contributed by atoms with Gasteiger partial charge >= 0.3 is 5.97 Å². The number of hydrogen-bond donors (Lipinski definition) is 1. The third-order valence-corrected chi connectivity index (χ3v) is 4.58. The lowest BCUT2D eigenvalue weighted by molar-refractivity contribution is -0.131. The molecular formula is C15H15BrN2O2S. The normalized spacial score (nSPS) is 11.0. The zero-order chi connectivity index (χ0) is 15.4. The van der Waals surface area contributed by atoms with E-state index in [9.17, 15) is 4.79 Å². The summed E-state index contributed by atoms with van der Waals surface area (Å²) in [4.78, 5) is 18.2. The Kier molecular flexibility index (Phi) is 5.14. The fourth-order valence-corrected chi connectivity index (χ4v) is 3.41. The summed E-state index contributed by atoms with van der Waals surface area (Å²) in [7, 11) is 2.02. The second-order valence-electron chi connectivity index (χ2n) is 4.60. The lowest BCUT2D eigenvalue weighted by atomic mass is 10.2. The van der Waals surface area contributed by atoms with Crippen LogP contribution in [-0.2, 0) is 11.3 Å².